The molecule has 0 heterocycles. The normalized spacial score (nSPS) is 24.9. The third-order valence-electron chi connectivity index (χ3n) is 1.82. The van der Waals surface area contributed by atoms with Crippen molar-refractivity contribution in [2.45, 2.75) is 18.7 Å². The van der Waals surface area contributed by atoms with Gasteiger partial charge in [0.2, 0.25) is 0 Å². The Hall–Kier alpha value is -0.985. The Labute approximate surface area is 68.1 Å². The summed E-state index contributed by atoms with van der Waals surface area (Å²) < 4.78 is 0. The van der Waals surface area contributed by atoms with E-state index >= 15 is 0 Å². The Bertz CT molecular complexity index is 218. The third-order valence-corrected chi connectivity index (χ3v) is 1.82. The van der Waals surface area contributed by atoms with Crippen LogP contribution in [-0.2, 0) is 0 Å². The molecule has 0 saturated heterocycles. The molecule has 1 atom stereocenters. The number of nitrogens with one attached hydrogen (secondary N) is 1. The van der Waals surface area contributed by atoms with Crippen molar-refractivity contribution in [2.24, 2.45) is 5.73 Å². The van der Waals surface area contributed by atoms with Crippen LogP contribution in [0.2, 0.25) is 5.82 Å². The lowest BCUT2D eigenvalue weighted by Crippen LogP contribution is -1.99. The SMILES string of the molecule is [B]C1C=CC(N)=C(C=N)CC1. The van der Waals surface area contributed by atoms with Gasteiger partial charge in [-0.1, -0.05) is 18.3 Å². The average Bonchev–Trinajstić information content (AvgIpc) is 2.15. The Morgan fingerprint density at radius 1 is 1.73 bits per heavy atom. The molecule has 11 heavy (non-hydrogen) atoms. The van der Waals surface area contributed by atoms with Crippen molar-refractivity contribution in [3.63, 3.8) is 0 Å². The number of rotatable bonds is 1. The van der Waals surface area contributed by atoms with E-state index in [0.717, 1.165) is 18.4 Å². The monoisotopic (exact) mass is 146 g/mol. The van der Waals surface area contributed by atoms with E-state index in [9.17, 15) is 0 Å². The first-order valence-corrected chi connectivity index (χ1v) is 3.67. The van der Waals surface area contributed by atoms with E-state index in [1.54, 1.807) is 6.08 Å². The summed E-state index contributed by atoms with van der Waals surface area (Å²) >= 11 is 0. The highest BCUT2D eigenvalue weighted by atomic mass is 14.6. The van der Waals surface area contributed by atoms with Gasteiger partial charge in [0.25, 0.3) is 0 Å². The Morgan fingerprint density at radius 3 is 3.09 bits per heavy atom. The highest BCUT2D eigenvalue weighted by Gasteiger charge is 2.05. The quantitative estimate of drug-likeness (QED) is 0.423. The lowest BCUT2D eigenvalue weighted by molar-refractivity contribution is 0.856. The summed E-state index contributed by atoms with van der Waals surface area (Å²) in [5, 5.41) is 7.05. The smallest absolute Gasteiger partial charge is 0.0755 e. The Balaban J connectivity index is 2.80. The van der Waals surface area contributed by atoms with Crippen molar-refractivity contribution in [1.29, 1.82) is 5.41 Å². The summed E-state index contributed by atoms with van der Waals surface area (Å²) in [6.45, 7) is 0. The van der Waals surface area contributed by atoms with Crippen molar-refractivity contribution in [3.05, 3.63) is 23.4 Å². The van der Waals surface area contributed by atoms with Crippen LogP contribution in [0.1, 0.15) is 12.8 Å². The van der Waals surface area contributed by atoms with Crippen LogP contribution < -0.4 is 5.73 Å². The van der Waals surface area contributed by atoms with E-state index in [1.165, 1.54) is 6.21 Å². The van der Waals surface area contributed by atoms with E-state index in [4.69, 9.17) is 19.0 Å². The zero-order chi connectivity index (χ0) is 8.27. The molecule has 0 fully saturated rings. The fraction of sp³-hybridized carbons (Fsp3) is 0.375. The number of nitrogens with two attached hydrogens (primary N) is 1. The molecule has 0 aromatic carbocycles. The molecule has 0 aromatic rings. The fourth-order valence-electron chi connectivity index (χ4n) is 1.05. The highest BCUT2D eigenvalue weighted by molar-refractivity contribution is 6.13. The molecule has 0 aromatic heterocycles. The molecule has 2 nitrogen and oxygen atoms in total. The predicted molar refractivity (Wildman–Crippen MR) is 47.9 cm³/mol. The van der Waals surface area contributed by atoms with Gasteiger partial charge in [0, 0.05) is 11.9 Å². The predicted octanol–water partition coefficient (Wildman–Crippen LogP) is 1.16. The first-order valence-electron chi connectivity index (χ1n) is 3.67. The zero-order valence-corrected chi connectivity index (χ0v) is 6.38. The van der Waals surface area contributed by atoms with E-state index in [1.807, 2.05) is 6.08 Å². The maximum Gasteiger partial charge on any atom is 0.0755 e. The van der Waals surface area contributed by atoms with Crippen LogP contribution in [0.3, 0.4) is 0 Å². The first kappa shape index (κ1) is 8.11. The highest BCUT2D eigenvalue weighted by Crippen LogP contribution is 2.20. The lowest BCUT2D eigenvalue weighted by atomic mass is 9.83. The number of hydrogen-bond donors (Lipinski definition) is 2. The second kappa shape index (κ2) is 3.42. The van der Waals surface area contributed by atoms with Gasteiger partial charge >= 0.3 is 0 Å². The van der Waals surface area contributed by atoms with Crippen LogP contribution in [0.4, 0.5) is 0 Å². The van der Waals surface area contributed by atoms with Gasteiger partial charge in [0.15, 0.2) is 0 Å². The van der Waals surface area contributed by atoms with Crippen LogP contribution in [0.15, 0.2) is 23.4 Å². The van der Waals surface area contributed by atoms with Gasteiger partial charge in [-0.2, -0.15) is 0 Å². The summed E-state index contributed by atoms with van der Waals surface area (Å²) in [5.74, 6) is 0.0889. The van der Waals surface area contributed by atoms with Gasteiger partial charge in [-0.15, -0.1) is 0 Å². The van der Waals surface area contributed by atoms with E-state index in [2.05, 4.69) is 0 Å². The van der Waals surface area contributed by atoms with Crippen LogP contribution in [-0.4, -0.2) is 14.1 Å². The maximum absolute atomic E-state index is 7.05. The molecule has 2 radical (unpaired) electrons. The maximum atomic E-state index is 7.05. The Morgan fingerprint density at radius 2 is 2.45 bits per heavy atom. The third kappa shape index (κ3) is 1.97. The minimum atomic E-state index is 0.0889. The van der Waals surface area contributed by atoms with Crippen LogP contribution in [0, 0.1) is 5.41 Å². The number of allylic oxidation sites excluding steroid dienone is 3. The number of hydrogen-bond acceptors (Lipinski definition) is 2. The molecule has 3 N–H and O–H groups in total. The second-order valence-corrected chi connectivity index (χ2v) is 2.69. The van der Waals surface area contributed by atoms with Gasteiger partial charge in [0.05, 0.1) is 7.85 Å². The molecular formula is C8H11BN2. The van der Waals surface area contributed by atoms with Gasteiger partial charge in [-0.25, -0.2) is 0 Å². The summed E-state index contributed by atoms with van der Waals surface area (Å²) in [5.41, 5.74) is 7.20. The fourth-order valence-corrected chi connectivity index (χ4v) is 1.05. The minimum Gasteiger partial charge on any atom is -0.398 e. The molecule has 1 aliphatic rings. The van der Waals surface area contributed by atoms with E-state index < -0.39 is 0 Å². The van der Waals surface area contributed by atoms with E-state index in [-0.39, 0.29) is 5.82 Å². The summed E-state index contributed by atoms with van der Waals surface area (Å²) in [7, 11) is 5.67. The minimum absolute atomic E-state index is 0.0889. The molecule has 0 saturated carbocycles. The van der Waals surface area contributed by atoms with Gasteiger partial charge in [0.1, 0.15) is 0 Å². The van der Waals surface area contributed by atoms with Crippen molar-refractivity contribution < 1.29 is 0 Å². The van der Waals surface area contributed by atoms with Gasteiger partial charge < -0.3 is 11.1 Å². The molecule has 1 unspecified atom stereocenters. The second-order valence-electron chi connectivity index (χ2n) is 2.69. The molecule has 0 amide bonds. The standard InChI is InChI=1S/C8H11BN2/c9-7-2-1-6(5-10)8(11)4-3-7/h3-5,7,10H,1-2,11H2. The van der Waals surface area contributed by atoms with Crippen LogP contribution in [0.5, 0.6) is 0 Å². The molecule has 56 valence electrons. The lowest BCUT2D eigenvalue weighted by Gasteiger charge is -2.02. The molecule has 1 aliphatic carbocycles. The average molecular weight is 146 g/mol. The largest absolute Gasteiger partial charge is 0.398 e. The molecular weight excluding hydrogens is 135 g/mol. The van der Waals surface area contributed by atoms with Gasteiger partial charge in [-0.3, -0.25) is 0 Å². The molecule has 0 bridgehead atoms. The zero-order valence-electron chi connectivity index (χ0n) is 6.38. The van der Waals surface area contributed by atoms with E-state index in [0.29, 0.717) is 5.70 Å². The first-order chi connectivity index (χ1) is 5.24. The summed E-state index contributed by atoms with van der Waals surface area (Å²) in [4.78, 5) is 0. The van der Waals surface area contributed by atoms with Crippen LogP contribution in [0.25, 0.3) is 0 Å². The summed E-state index contributed by atoms with van der Waals surface area (Å²) in [6, 6.07) is 0. The molecule has 0 aliphatic heterocycles. The molecule has 3 heteroatoms. The molecule has 1 rings (SSSR count). The molecule has 0 spiro atoms. The topological polar surface area (TPSA) is 49.9 Å². The summed E-state index contributed by atoms with van der Waals surface area (Å²) in [6.07, 6.45) is 6.66. The van der Waals surface area contributed by atoms with Crippen molar-refractivity contribution in [1.82, 2.24) is 0 Å². The van der Waals surface area contributed by atoms with Crippen molar-refractivity contribution in [3.8, 4) is 0 Å². The van der Waals surface area contributed by atoms with Crippen molar-refractivity contribution in [2.75, 3.05) is 0 Å². The van der Waals surface area contributed by atoms with Crippen LogP contribution >= 0.6 is 0 Å². The van der Waals surface area contributed by atoms with Crippen molar-refractivity contribution >= 4 is 14.1 Å². The van der Waals surface area contributed by atoms with Gasteiger partial charge in [-0.05, 0) is 18.1 Å². The Kier molecular flexibility index (Phi) is 2.52.